The van der Waals surface area contributed by atoms with E-state index in [9.17, 15) is 18.0 Å². The largest absolute Gasteiger partial charge is 0.490 e. The number of alkyl halides is 3. The topological polar surface area (TPSA) is 140 Å². The Labute approximate surface area is 167 Å². The second-order valence-corrected chi connectivity index (χ2v) is 5.73. The van der Waals surface area contributed by atoms with E-state index in [2.05, 4.69) is 25.7 Å². The zero-order valence-corrected chi connectivity index (χ0v) is 15.2. The number of carbonyl (C=O) groups is 2. The van der Waals surface area contributed by atoms with E-state index in [0.29, 0.717) is 16.9 Å². The number of anilines is 1. The van der Waals surface area contributed by atoms with Crippen LogP contribution in [-0.2, 0) is 4.79 Å². The number of azide groups is 1. The fourth-order valence-electron chi connectivity index (χ4n) is 2.27. The molecular formula is C18H15F3N6O3. The van der Waals surface area contributed by atoms with Gasteiger partial charge in [0.05, 0.1) is 6.54 Å². The summed E-state index contributed by atoms with van der Waals surface area (Å²) >= 11 is 0. The Morgan fingerprint density at radius 1 is 1.20 bits per heavy atom. The van der Waals surface area contributed by atoms with Crippen molar-refractivity contribution in [3.05, 3.63) is 70.1 Å². The molecule has 0 saturated carbocycles. The molecule has 3 rings (SSSR count). The number of rotatable bonds is 4. The molecule has 1 amide bonds. The van der Waals surface area contributed by atoms with Crippen LogP contribution in [0.15, 0.2) is 58.6 Å². The molecule has 2 aromatic carbocycles. The van der Waals surface area contributed by atoms with Crippen molar-refractivity contribution in [3.8, 4) is 0 Å². The van der Waals surface area contributed by atoms with Crippen molar-refractivity contribution in [3.63, 3.8) is 0 Å². The lowest BCUT2D eigenvalue weighted by Gasteiger charge is -2.08. The first kappa shape index (κ1) is 22.2. The van der Waals surface area contributed by atoms with E-state index in [1.807, 2.05) is 24.3 Å². The second-order valence-electron chi connectivity index (χ2n) is 5.73. The van der Waals surface area contributed by atoms with Crippen molar-refractivity contribution < 1.29 is 27.9 Å². The first-order valence-electron chi connectivity index (χ1n) is 8.36. The summed E-state index contributed by atoms with van der Waals surface area (Å²) in [4.78, 5) is 28.2. The quantitative estimate of drug-likeness (QED) is 0.392. The van der Waals surface area contributed by atoms with Gasteiger partial charge in [-0.05, 0) is 29.8 Å². The molecule has 12 heteroatoms. The Morgan fingerprint density at radius 2 is 1.87 bits per heavy atom. The Morgan fingerprint density at radius 3 is 2.40 bits per heavy atom. The molecule has 0 bridgehead atoms. The fraction of sp³-hybridized carbons (Fsp3) is 0.167. The van der Waals surface area contributed by atoms with Crippen LogP contribution >= 0.6 is 0 Å². The molecule has 0 saturated heterocycles. The number of nitrogens with zero attached hydrogens (tertiary/aromatic N) is 4. The van der Waals surface area contributed by atoms with E-state index in [4.69, 9.17) is 15.4 Å². The summed E-state index contributed by atoms with van der Waals surface area (Å²) in [5.74, 6) is -2.14. The van der Waals surface area contributed by atoms with Crippen LogP contribution in [-0.4, -0.2) is 42.1 Å². The molecule has 0 unspecified atom stereocenters. The van der Waals surface area contributed by atoms with Crippen LogP contribution < -0.4 is 10.6 Å². The van der Waals surface area contributed by atoms with Gasteiger partial charge in [0.2, 0.25) is 0 Å². The van der Waals surface area contributed by atoms with Gasteiger partial charge >= 0.3 is 12.1 Å². The Bertz CT molecular complexity index is 999. The molecular weight excluding hydrogens is 405 g/mol. The third kappa shape index (κ3) is 6.53. The number of amidine groups is 1. The number of carbonyl (C=O) groups excluding carboxylic acids is 1. The molecule has 3 N–H and O–H groups in total. The Balaban J connectivity index is 0.000000396. The van der Waals surface area contributed by atoms with Gasteiger partial charge in [0.15, 0.2) is 0 Å². The number of hydrogen-bond acceptors (Lipinski definition) is 5. The van der Waals surface area contributed by atoms with E-state index in [1.165, 1.54) is 0 Å². The summed E-state index contributed by atoms with van der Waals surface area (Å²) < 4.78 is 31.7. The number of benzene rings is 2. The number of aliphatic carboxylic acids is 1. The molecule has 156 valence electrons. The molecule has 0 aliphatic carbocycles. The monoisotopic (exact) mass is 420 g/mol. The van der Waals surface area contributed by atoms with Gasteiger partial charge < -0.3 is 15.7 Å². The number of nitrogens with one attached hydrogen (secondary N) is 2. The smallest absolute Gasteiger partial charge is 0.475 e. The van der Waals surface area contributed by atoms with Crippen molar-refractivity contribution in [1.29, 1.82) is 0 Å². The minimum Gasteiger partial charge on any atom is -0.475 e. The number of hydrogen-bond donors (Lipinski definition) is 3. The summed E-state index contributed by atoms with van der Waals surface area (Å²) in [6.45, 7) is 1.60. The molecule has 1 heterocycles. The number of aliphatic imine (C=N–C) groups is 1. The van der Waals surface area contributed by atoms with Gasteiger partial charge in [0.25, 0.3) is 5.91 Å². The van der Waals surface area contributed by atoms with Gasteiger partial charge in [-0.3, -0.25) is 9.79 Å². The molecule has 0 aromatic heterocycles. The van der Waals surface area contributed by atoms with Gasteiger partial charge in [-0.2, -0.15) is 13.2 Å². The normalized spacial score (nSPS) is 12.4. The molecule has 2 aromatic rings. The highest BCUT2D eigenvalue weighted by atomic mass is 19.4. The van der Waals surface area contributed by atoms with Crippen LogP contribution in [0.25, 0.3) is 10.4 Å². The Hall–Kier alpha value is -4.05. The van der Waals surface area contributed by atoms with Gasteiger partial charge in [-0.25, -0.2) is 4.79 Å². The molecule has 1 aliphatic heterocycles. The van der Waals surface area contributed by atoms with E-state index < -0.39 is 12.1 Å². The molecule has 0 spiro atoms. The first-order chi connectivity index (χ1) is 14.2. The van der Waals surface area contributed by atoms with Gasteiger partial charge in [0.1, 0.15) is 5.84 Å². The third-order valence-corrected chi connectivity index (χ3v) is 3.60. The highest BCUT2D eigenvalue weighted by Gasteiger charge is 2.38. The van der Waals surface area contributed by atoms with E-state index in [-0.39, 0.29) is 5.91 Å². The average Bonchev–Trinajstić information content (AvgIpc) is 3.24. The molecule has 9 nitrogen and oxygen atoms in total. The number of halogens is 3. The van der Waals surface area contributed by atoms with Gasteiger partial charge in [0, 0.05) is 34.0 Å². The molecule has 0 fully saturated rings. The summed E-state index contributed by atoms with van der Waals surface area (Å²) in [5, 5.41) is 16.6. The number of carboxylic acid groups (broad SMARTS) is 1. The lowest BCUT2D eigenvalue weighted by molar-refractivity contribution is -0.192. The highest BCUT2D eigenvalue weighted by molar-refractivity contribution is 6.06. The Kier molecular flexibility index (Phi) is 7.37. The zero-order chi connectivity index (χ0) is 22.1. The molecule has 30 heavy (non-hydrogen) atoms. The van der Waals surface area contributed by atoms with Crippen LogP contribution in [0, 0.1) is 0 Å². The van der Waals surface area contributed by atoms with Crippen LogP contribution in [0.5, 0.6) is 0 Å². The summed E-state index contributed by atoms with van der Waals surface area (Å²) in [6, 6.07) is 14.0. The maximum atomic E-state index is 12.3. The van der Waals surface area contributed by atoms with Gasteiger partial charge in [-0.1, -0.05) is 29.4 Å². The number of carboxylic acids is 1. The predicted molar refractivity (Wildman–Crippen MR) is 103 cm³/mol. The van der Waals surface area contributed by atoms with Crippen molar-refractivity contribution in [1.82, 2.24) is 5.32 Å². The first-order valence-corrected chi connectivity index (χ1v) is 8.36. The van der Waals surface area contributed by atoms with Crippen molar-refractivity contribution >= 4 is 29.1 Å². The molecule has 0 atom stereocenters. The molecule has 0 radical (unpaired) electrons. The minimum atomic E-state index is -5.08. The van der Waals surface area contributed by atoms with E-state index >= 15 is 0 Å². The van der Waals surface area contributed by atoms with E-state index in [0.717, 1.165) is 24.5 Å². The lowest BCUT2D eigenvalue weighted by Crippen LogP contribution is -2.21. The van der Waals surface area contributed by atoms with Crippen molar-refractivity contribution in [2.75, 3.05) is 18.4 Å². The number of amides is 1. The fourth-order valence-corrected chi connectivity index (χ4v) is 2.27. The van der Waals surface area contributed by atoms with E-state index in [1.54, 1.807) is 24.3 Å². The zero-order valence-electron chi connectivity index (χ0n) is 15.2. The summed E-state index contributed by atoms with van der Waals surface area (Å²) in [6.07, 6.45) is -5.08. The van der Waals surface area contributed by atoms with Crippen LogP contribution in [0.3, 0.4) is 0 Å². The second kappa shape index (κ2) is 9.94. The minimum absolute atomic E-state index is 0.226. The van der Waals surface area contributed by atoms with Crippen molar-refractivity contribution in [2.45, 2.75) is 6.18 Å². The predicted octanol–water partition coefficient (Wildman–Crippen LogP) is 3.86. The maximum absolute atomic E-state index is 12.3. The average molecular weight is 420 g/mol. The summed E-state index contributed by atoms with van der Waals surface area (Å²) in [5.41, 5.74) is 11.0. The maximum Gasteiger partial charge on any atom is 0.490 e. The van der Waals surface area contributed by atoms with Crippen LogP contribution in [0.1, 0.15) is 15.9 Å². The lowest BCUT2D eigenvalue weighted by atomic mass is 10.1. The van der Waals surface area contributed by atoms with Crippen molar-refractivity contribution in [2.24, 2.45) is 10.1 Å². The van der Waals surface area contributed by atoms with Gasteiger partial charge in [-0.15, -0.1) is 0 Å². The van der Waals surface area contributed by atoms with Crippen LogP contribution in [0.2, 0.25) is 0 Å². The third-order valence-electron chi connectivity index (χ3n) is 3.60. The summed E-state index contributed by atoms with van der Waals surface area (Å²) in [7, 11) is 0. The standard InChI is InChI=1S/C16H14N6O.C2HF3O2/c17-22-21-13-6-4-11(5-7-13)16(23)20-14-3-1-2-12(10-14)15-18-8-9-19-15;3-2(4,5)1(6)7/h1-7,10H,8-9H2,(H,18,19)(H,20,23);(H,6,7). The molecule has 1 aliphatic rings. The SMILES string of the molecule is O=C(O)C(F)(F)F.[N-]=[N+]=Nc1ccc(C(=O)Nc2cccc(C3=NCCN3)c2)cc1. The highest BCUT2D eigenvalue weighted by Crippen LogP contribution is 2.16. The van der Waals surface area contributed by atoms with Crippen LogP contribution in [0.4, 0.5) is 24.5 Å².